The zero-order chi connectivity index (χ0) is 14.4. The van der Waals surface area contributed by atoms with E-state index < -0.39 is 5.82 Å². The number of halogens is 1. The lowest BCUT2D eigenvalue weighted by molar-refractivity contribution is 0.199. The maximum atomic E-state index is 13.5. The van der Waals surface area contributed by atoms with Gasteiger partial charge in [-0.2, -0.15) is 0 Å². The Morgan fingerprint density at radius 3 is 2.63 bits per heavy atom. The van der Waals surface area contributed by atoms with Crippen LogP contribution >= 0.6 is 12.2 Å². The molecule has 0 aliphatic heterocycles. The number of thiocarbonyl (C=S) groups is 1. The number of amides is 2. The first-order chi connectivity index (χ1) is 8.91. The zero-order valence-corrected chi connectivity index (χ0v) is 11.8. The van der Waals surface area contributed by atoms with E-state index in [9.17, 15) is 9.18 Å². The zero-order valence-electron chi connectivity index (χ0n) is 11.0. The maximum absolute atomic E-state index is 13.5. The van der Waals surface area contributed by atoms with Crippen LogP contribution in [0, 0.1) is 5.82 Å². The predicted octanol–water partition coefficient (Wildman–Crippen LogP) is 2.74. The summed E-state index contributed by atoms with van der Waals surface area (Å²) in [6.07, 6.45) is 0.443. The van der Waals surface area contributed by atoms with Gasteiger partial charge in [-0.1, -0.05) is 24.4 Å². The Labute approximate surface area is 117 Å². The molecule has 0 atom stereocenters. The van der Waals surface area contributed by atoms with Gasteiger partial charge in [-0.15, -0.1) is 0 Å². The summed E-state index contributed by atoms with van der Waals surface area (Å²) in [5.41, 5.74) is 5.59. The minimum atomic E-state index is -0.464. The molecule has 1 rings (SSSR count). The lowest BCUT2D eigenvalue weighted by atomic mass is 10.3. The quantitative estimate of drug-likeness (QED) is 0.817. The first-order valence-electron chi connectivity index (χ1n) is 6.02. The van der Waals surface area contributed by atoms with Gasteiger partial charge in [-0.3, -0.25) is 0 Å². The molecule has 0 bridgehead atoms. The smallest absolute Gasteiger partial charge is 0.322 e. The minimum absolute atomic E-state index is 0.0267. The Morgan fingerprint density at radius 2 is 2.11 bits per heavy atom. The number of nitrogens with one attached hydrogen (secondary N) is 1. The van der Waals surface area contributed by atoms with Crippen LogP contribution in [0.1, 0.15) is 20.3 Å². The van der Waals surface area contributed by atoms with Crippen molar-refractivity contribution in [2.45, 2.75) is 26.3 Å². The molecule has 6 heteroatoms. The molecule has 0 aliphatic rings. The molecule has 0 radical (unpaired) electrons. The summed E-state index contributed by atoms with van der Waals surface area (Å²) in [7, 11) is 0. The average Bonchev–Trinajstić information content (AvgIpc) is 2.31. The van der Waals surface area contributed by atoms with Crippen molar-refractivity contribution in [2.75, 3.05) is 11.9 Å². The van der Waals surface area contributed by atoms with Gasteiger partial charge in [-0.25, -0.2) is 9.18 Å². The van der Waals surface area contributed by atoms with Gasteiger partial charge in [0.05, 0.1) is 10.7 Å². The van der Waals surface area contributed by atoms with E-state index >= 15 is 0 Å². The van der Waals surface area contributed by atoms with Gasteiger partial charge in [0.25, 0.3) is 0 Å². The first-order valence-corrected chi connectivity index (χ1v) is 6.43. The summed E-state index contributed by atoms with van der Waals surface area (Å²) >= 11 is 4.80. The first kappa shape index (κ1) is 15.4. The Balaban J connectivity index is 2.72. The molecule has 19 heavy (non-hydrogen) atoms. The normalized spacial score (nSPS) is 10.3. The molecule has 0 aromatic heterocycles. The van der Waals surface area contributed by atoms with Gasteiger partial charge >= 0.3 is 6.03 Å². The molecule has 0 spiro atoms. The number of carbonyl (C=O) groups is 1. The number of para-hydroxylation sites is 1. The molecule has 0 heterocycles. The van der Waals surface area contributed by atoms with Crippen molar-refractivity contribution in [3.63, 3.8) is 0 Å². The van der Waals surface area contributed by atoms with Crippen molar-refractivity contribution in [3.8, 4) is 0 Å². The molecule has 3 N–H and O–H groups in total. The van der Waals surface area contributed by atoms with E-state index in [0.29, 0.717) is 18.0 Å². The van der Waals surface area contributed by atoms with E-state index in [1.54, 1.807) is 17.0 Å². The van der Waals surface area contributed by atoms with Crippen LogP contribution in [0.15, 0.2) is 24.3 Å². The highest BCUT2D eigenvalue weighted by Crippen LogP contribution is 2.14. The van der Waals surface area contributed by atoms with Crippen LogP contribution < -0.4 is 11.1 Å². The maximum Gasteiger partial charge on any atom is 0.322 e. The van der Waals surface area contributed by atoms with Gasteiger partial charge < -0.3 is 16.0 Å². The molecule has 104 valence electrons. The molecule has 1 aromatic rings. The van der Waals surface area contributed by atoms with Crippen LogP contribution in [0.25, 0.3) is 0 Å². The number of rotatable bonds is 5. The molecule has 4 nitrogen and oxygen atoms in total. The number of urea groups is 1. The summed E-state index contributed by atoms with van der Waals surface area (Å²) in [5.74, 6) is -0.464. The van der Waals surface area contributed by atoms with E-state index in [1.165, 1.54) is 12.1 Å². The summed E-state index contributed by atoms with van der Waals surface area (Å²) in [6.45, 7) is 4.16. The van der Waals surface area contributed by atoms with E-state index in [1.807, 2.05) is 13.8 Å². The van der Waals surface area contributed by atoms with Gasteiger partial charge in [0.1, 0.15) is 5.82 Å². The number of nitrogens with zero attached hydrogens (tertiary/aromatic N) is 1. The van der Waals surface area contributed by atoms with Crippen molar-refractivity contribution in [1.29, 1.82) is 0 Å². The van der Waals surface area contributed by atoms with Crippen molar-refractivity contribution in [2.24, 2.45) is 5.73 Å². The van der Waals surface area contributed by atoms with E-state index in [-0.39, 0.29) is 17.8 Å². The highest BCUT2D eigenvalue weighted by atomic mass is 32.1. The lowest BCUT2D eigenvalue weighted by Gasteiger charge is -2.26. The number of hydrogen-bond donors (Lipinski definition) is 2. The minimum Gasteiger partial charge on any atom is -0.393 e. The fourth-order valence-electron chi connectivity index (χ4n) is 1.57. The largest absolute Gasteiger partial charge is 0.393 e. The van der Waals surface area contributed by atoms with Crippen LogP contribution in [0.3, 0.4) is 0 Å². The second-order valence-electron chi connectivity index (χ2n) is 4.41. The predicted molar refractivity (Wildman–Crippen MR) is 78.7 cm³/mol. The third kappa shape index (κ3) is 4.82. The third-order valence-corrected chi connectivity index (χ3v) is 2.80. The van der Waals surface area contributed by atoms with Crippen molar-refractivity contribution in [3.05, 3.63) is 30.1 Å². The molecule has 0 fully saturated rings. The van der Waals surface area contributed by atoms with E-state index in [4.69, 9.17) is 18.0 Å². The number of hydrogen-bond acceptors (Lipinski definition) is 2. The van der Waals surface area contributed by atoms with Crippen LogP contribution in [0.2, 0.25) is 0 Å². The Bertz CT molecular complexity index is 465. The SMILES string of the molecule is CC(C)N(CCC(N)=S)C(=O)Nc1ccccc1F. The molecule has 1 aromatic carbocycles. The summed E-state index contributed by atoms with van der Waals surface area (Å²) in [6, 6.07) is 5.65. The monoisotopic (exact) mass is 283 g/mol. The van der Waals surface area contributed by atoms with Crippen LogP contribution in [-0.4, -0.2) is 28.5 Å². The Hall–Kier alpha value is -1.69. The third-order valence-electron chi connectivity index (χ3n) is 2.60. The molecular weight excluding hydrogens is 265 g/mol. The lowest BCUT2D eigenvalue weighted by Crippen LogP contribution is -2.41. The van der Waals surface area contributed by atoms with Crippen LogP contribution in [-0.2, 0) is 0 Å². The van der Waals surface area contributed by atoms with Gasteiger partial charge in [0, 0.05) is 19.0 Å². The fourth-order valence-corrected chi connectivity index (χ4v) is 1.67. The Kier molecular flexibility index (Phi) is 5.69. The van der Waals surface area contributed by atoms with Crippen LogP contribution in [0.5, 0.6) is 0 Å². The van der Waals surface area contributed by atoms with Gasteiger partial charge in [0.15, 0.2) is 0 Å². The highest BCUT2D eigenvalue weighted by molar-refractivity contribution is 7.80. The standard InChI is InChI=1S/C13H18FN3OS/c1-9(2)17(8-7-12(15)19)13(18)16-11-6-4-3-5-10(11)14/h3-6,9H,7-8H2,1-2H3,(H2,15,19)(H,16,18). The average molecular weight is 283 g/mol. The molecule has 0 saturated carbocycles. The summed E-state index contributed by atoms with van der Waals surface area (Å²) < 4.78 is 13.5. The van der Waals surface area contributed by atoms with E-state index in [2.05, 4.69) is 5.32 Å². The number of carbonyl (C=O) groups excluding carboxylic acids is 1. The molecule has 2 amide bonds. The second kappa shape index (κ2) is 7.04. The number of anilines is 1. The second-order valence-corrected chi connectivity index (χ2v) is 4.94. The van der Waals surface area contributed by atoms with Crippen molar-refractivity contribution < 1.29 is 9.18 Å². The topological polar surface area (TPSA) is 58.4 Å². The summed E-state index contributed by atoms with van der Waals surface area (Å²) in [4.78, 5) is 14.0. The van der Waals surface area contributed by atoms with Crippen molar-refractivity contribution in [1.82, 2.24) is 4.90 Å². The Morgan fingerprint density at radius 1 is 1.47 bits per heavy atom. The summed E-state index contributed by atoms with van der Waals surface area (Å²) in [5, 5.41) is 2.54. The fraction of sp³-hybridized carbons (Fsp3) is 0.385. The molecule has 0 unspecified atom stereocenters. The number of benzene rings is 1. The molecule has 0 saturated heterocycles. The van der Waals surface area contributed by atoms with Crippen LogP contribution in [0.4, 0.5) is 14.9 Å². The van der Waals surface area contributed by atoms with Gasteiger partial charge in [-0.05, 0) is 26.0 Å². The van der Waals surface area contributed by atoms with E-state index in [0.717, 1.165) is 0 Å². The van der Waals surface area contributed by atoms with Gasteiger partial charge in [0.2, 0.25) is 0 Å². The number of nitrogens with two attached hydrogens (primary N) is 1. The molecule has 0 aliphatic carbocycles. The highest BCUT2D eigenvalue weighted by Gasteiger charge is 2.17. The molecular formula is C13H18FN3OS. The van der Waals surface area contributed by atoms with Crippen molar-refractivity contribution >= 4 is 28.9 Å².